The van der Waals surface area contributed by atoms with Crippen LogP contribution in [0.15, 0.2) is 41.3 Å². The van der Waals surface area contributed by atoms with Crippen LogP contribution in [0.5, 0.6) is 0 Å². The van der Waals surface area contributed by atoms with Crippen molar-refractivity contribution in [1.29, 1.82) is 0 Å². The molecule has 0 spiro atoms. The van der Waals surface area contributed by atoms with E-state index in [1.54, 1.807) is 18.2 Å². The highest BCUT2D eigenvalue weighted by atomic mass is 32.2. The van der Waals surface area contributed by atoms with Crippen LogP contribution in [0.3, 0.4) is 0 Å². The summed E-state index contributed by atoms with van der Waals surface area (Å²) in [6, 6.07) is 11.0. The van der Waals surface area contributed by atoms with E-state index in [1.165, 1.54) is 24.0 Å². The zero-order valence-corrected chi connectivity index (χ0v) is 16.9. The van der Waals surface area contributed by atoms with Gasteiger partial charge in [0.2, 0.25) is 15.9 Å². The van der Waals surface area contributed by atoms with E-state index in [9.17, 15) is 13.2 Å². The van der Waals surface area contributed by atoms with Crippen LogP contribution in [0.25, 0.3) is 0 Å². The standard InChI is InChI=1S/C20H25N3O3S/c1-14-5-6-17(11-15(14)2)21-20(24)13-23-10-9-16-12-18(7-8-19(16)23)27(25,26)22(3)4/h5-8,11-12H,9-10,13H2,1-4H3,(H,21,24). The van der Waals surface area contributed by atoms with Gasteiger partial charge in [0, 0.05) is 32.0 Å². The van der Waals surface area contributed by atoms with Gasteiger partial charge < -0.3 is 10.2 Å². The predicted molar refractivity (Wildman–Crippen MR) is 108 cm³/mol. The van der Waals surface area contributed by atoms with Gasteiger partial charge in [-0.2, -0.15) is 0 Å². The van der Waals surface area contributed by atoms with Crippen molar-refractivity contribution in [3.05, 3.63) is 53.1 Å². The molecule has 1 aliphatic heterocycles. The molecule has 3 rings (SSSR count). The number of rotatable bonds is 5. The summed E-state index contributed by atoms with van der Waals surface area (Å²) in [7, 11) is -0.412. The van der Waals surface area contributed by atoms with Crippen molar-refractivity contribution in [2.24, 2.45) is 0 Å². The van der Waals surface area contributed by atoms with Crippen LogP contribution in [-0.2, 0) is 21.2 Å². The van der Waals surface area contributed by atoms with Crippen LogP contribution >= 0.6 is 0 Å². The third-order valence-corrected chi connectivity index (χ3v) is 6.76. The summed E-state index contributed by atoms with van der Waals surface area (Å²) in [5, 5.41) is 2.94. The first-order valence-electron chi connectivity index (χ1n) is 8.86. The lowest BCUT2D eigenvalue weighted by Crippen LogP contribution is -2.31. The number of hydrogen-bond donors (Lipinski definition) is 1. The topological polar surface area (TPSA) is 69.7 Å². The molecule has 0 saturated carbocycles. The van der Waals surface area contributed by atoms with Gasteiger partial charge in [-0.05, 0) is 67.3 Å². The summed E-state index contributed by atoms with van der Waals surface area (Å²) in [4.78, 5) is 14.7. The first-order chi connectivity index (χ1) is 12.7. The molecule has 1 amide bonds. The molecule has 0 aromatic heterocycles. The summed E-state index contributed by atoms with van der Waals surface area (Å²) in [6.45, 7) is 4.98. The van der Waals surface area contributed by atoms with Gasteiger partial charge in [-0.25, -0.2) is 12.7 Å². The zero-order chi connectivity index (χ0) is 19.8. The number of fused-ring (bicyclic) bond motifs is 1. The van der Waals surface area contributed by atoms with Crippen molar-refractivity contribution in [2.75, 3.05) is 37.4 Å². The second-order valence-corrected chi connectivity index (χ2v) is 9.25. The van der Waals surface area contributed by atoms with Gasteiger partial charge in [-0.1, -0.05) is 6.07 Å². The molecular formula is C20H25N3O3S. The molecule has 0 fully saturated rings. The summed E-state index contributed by atoms with van der Waals surface area (Å²) < 4.78 is 25.8. The quantitative estimate of drug-likeness (QED) is 0.856. The average Bonchev–Trinajstić information content (AvgIpc) is 3.00. The Kier molecular flexibility index (Phi) is 5.26. The number of sulfonamides is 1. The van der Waals surface area contributed by atoms with Gasteiger partial charge in [-0.15, -0.1) is 0 Å². The fourth-order valence-corrected chi connectivity index (χ4v) is 4.13. The van der Waals surface area contributed by atoms with Gasteiger partial charge in [0.1, 0.15) is 0 Å². The van der Waals surface area contributed by atoms with Crippen molar-refractivity contribution in [3.63, 3.8) is 0 Å². The maximum Gasteiger partial charge on any atom is 0.243 e. The Morgan fingerprint density at radius 3 is 2.52 bits per heavy atom. The number of carbonyl (C=O) groups is 1. The molecule has 0 atom stereocenters. The summed E-state index contributed by atoms with van der Waals surface area (Å²) in [6.07, 6.45) is 0.725. The Morgan fingerprint density at radius 2 is 1.85 bits per heavy atom. The van der Waals surface area contributed by atoms with E-state index in [1.807, 2.05) is 36.9 Å². The highest BCUT2D eigenvalue weighted by Gasteiger charge is 2.25. The van der Waals surface area contributed by atoms with E-state index in [2.05, 4.69) is 5.32 Å². The minimum Gasteiger partial charge on any atom is -0.362 e. The molecule has 0 aliphatic carbocycles. The summed E-state index contributed by atoms with van der Waals surface area (Å²) in [5.41, 5.74) is 4.98. The van der Waals surface area contributed by atoms with Crippen molar-refractivity contribution in [2.45, 2.75) is 25.2 Å². The first kappa shape index (κ1) is 19.4. The molecule has 2 aromatic rings. The second kappa shape index (κ2) is 7.32. The van der Waals surface area contributed by atoms with Crippen LogP contribution < -0.4 is 10.2 Å². The summed E-state index contributed by atoms with van der Waals surface area (Å²) in [5.74, 6) is -0.0870. The van der Waals surface area contributed by atoms with Crippen molar-refractivity contribution in [3.8, 4) is 0 Å². The Hall–Kier alpha value is -2.38. The number of hydrogen-bond acceptors (Lipinski definition) is 4. The molecular weight excluding hydrogens is 362 g/mol. The van der Waals surface area contributed by atoms with Gasteiger partial charge in [-0.3, -0.25) is 4.79 Å². The highest BCUT2D eigenvalue weighted by molar-refractivity contribution is 7.89. The van der Waals surface area contributed by atoms with Crippen molar-refractivity contribution >= 4 is 27.3 Å². The lowest BCUT2D eigenvalue weighted by atomic mass is 10.1. The molecule has 0 unspecified atom stereocenters. The van der Waals surface area contributed by atoms with E-state index in [4.69, 9.17) is 0 Å². The van der Waals surface area contributed by atoms with Gasteiger partial charge >= 0.3 is 0 Å². The summed E-state index contributed by atoms with van der Waals surface area (Å²) >= 11 is 0. The van der Waals surface area contributed by atoms with Gasteiger partial charge in [0.05, 0.1) is 11.4 Å². The van der Waals surface area contributed by atoms with E-state index >= 15 is 0 Å². The first-order valence-corrected chi connectivity index (χ1v) is 10.3. The van der Waals surface area contributed by atoms with Crippen LogP contribution in [0, 0.1) is 13.8 Å². The molecule has 1 heterocycles. The number of amides is 1. The minimum atomic E-state index is -3.45. The molecule has 2 aromatic carbocycles. The van der Waals surface area contributed by atoms with Crippen LogP contribution in [-0.4, -0.2) is 45.8 Å². The Labute approximate surface area is 160 Å². The zero-order valence-electron chi connectivity index (χ0n) is 16.1. The molecule has 6 nitrogen and oxygen atoms in total. The molecule has 27 heavy (non-hydrogen) atoms. The highest BCUT2D eigenvalue weighted by Crippen LogP contribution is 2.30. The van der Waals surface area contributed by atoms with E-state index in [0.29, 0.717) is 6.54 Å². The lowest BCUT2D eigenvalue weighted by molar-refractivity contribution is -0.115. The number of nitrogens with zero attached hydrogens (tertiary/aromatic N) is 2. The number of anilines is 2. The number of aryl methyl sites for hydroxylation is 2. The number of nitrogens with one attached hydrogen (secondary N) is 1. The third-order valence-electron chi connectivity index (χ3n) is 4.95. The number of carbonyl (C=O) groups excluding carboxylic acids is 1. The second-order valence-electron chi connectivity index (χ2n) is 7.10. The normalized spacial score (nSPS) is 13.7. The Morgan fingerprint density at radius 1 is 1.11 bits per heavy atom. The van der Waals surface area contributed by atoms with Crippen LogP contribution in [0.1, 0.15) is 16.7 Å². The van der Waals surface area contributed by atoms with Gasteiger partial charge in [0.15, 0.2) is 0 Å². The molecule has 1 aliphatic rings. The largest absolute Gasteiger partial charge is 0.362 e. The molecule has 1 N–H and O–H groups in total. The fourth-order valence-electron chi connectivity index (χ4n) is 3.18. The Balaban J connectivity index is 1.72. The lowest BCUT2D eigenvalue weighted by Gasteiger charge is -2.19. The predicted octanol–water partition coefficient (Wildman–Crippen LogP) is 2.55. The van der Waals surface area contributed by atoms with Gasteiger partial charge in [0.25, 0.3) is 0 Å². The SMILES string of the molecule is Cc1ccc(NC(=O)CN2CCc3cc(S(=O)(=O)N(C)C)ccc32)cc1C. The fraction of sp³-hybridized carbons (Fsp3) is 0.350. The monoisotopic (exact) mass is 387 g/mol. The van der Waals surface area contributed by atoms with E-state index in [-0.39, 0.29) is 17.3 Å². The van der Waals surface area contributed by atoms with E-state index < -0.39 is 10.0 Å². The smallest absolute Gasteiger partial charge is 0.243 e. The Bertz CT molecular complexity index is 984. The van der Waals surface area contributed by atoms with Crippen molar-refractivity contribution < 1.29 is 13.2 Å². The maximum atomic E-state index is 12.4. The molecule has 0 radical (unpaired) electrons. The molecule has 144 valence electrons. The third kappa shape index (κ3) is 3.99. The molecule has 0 saturated heterocycles. The number of benzene rings is 2. The molecule has 0 bridgehead atoms. The minimum absolute atomic E-state index is 0.0870. The average molecular weight is 388 g/mol. The van der Waals surface area contributed by atoms with Crippen molar-refractivity contribution in [1.82, 2.24) is 4.31 Å². The van der Waals surface area contributed by atoms with Crippen LogP contribution in [0.2, 0.25) is 0 Å². The maximum absolute atomic E-state index is 12.4. The molecule has 7 heteroatoms. The van der Waals surface area contributed by atoms with Crippen LogP contribution in [0.4, 0.5) is 11.4 Å². The van der Waals surface area contributed by atoms with E-state index in [0.717, 1.165) is 28.9 Å².